The monoisotopic (exact) mass is 244 g/mol. The minimum absolute atomic E-state index is 0.395. The topological polar surface area (TPSA) is 17.1 Å². The zero-order valence-electron chi connectivity index (χ0n) is 7.69. The number of benzene rings is 1. The standard InChI is InChI=1S/C11H7Cl2FO/c12-10-5-7(14)4-9-6(3-11(13)15)1-2-8(9)10/h3-5H,1-2H2. The summed E-state index contributed by atoms with van der Waals surface area (Å²) in [6, 6.07) is 2.67. The van der Waals surface area contributed by atoms with Gasteiger partial charge in [-0.2, -0.15) is 0 Å². The molecule has 2 rings (SSSR count). The molecule has 0 heterocycles. The van der Waals surface area contributed by atoms with Crippen molar-refractivity contribution in [3.8, 4) is 0 Å². The molecule has 0 fully saturated rings. The van der Waals surface area contributed by atoms with Gasteiger partial charge in [0.2, 0.25) is 5.24 Å². The van der Waals surface area contributed by atoms with Crippen molar-refractivity contribution in [2.24, 2.45) is 0 Å². The Morgan fingerprint density at radius 3 is 2.80 bits per heavy atom. The fraction of sp³-hybridized carbons (Fsp3) is 0.182. The highest BCUT2D eigenvalue weighted by Gasteiger charge is 2.20. The fourth-order valence-corrected chi connectivity index (χ4v) is 2.26. The molecule has 0 atom stereocenters. The molecule has 1 aromatic carbocycles. The molecule has 78 valence electrons. The van der Waals surface area contributed by atoms with Crippen molar-refractivity contribution in [2.75, 3.05) is 0 Å². The number of hydrogen-bond donors (Lipinski definition) is 0. The van der Waals surface area contributed by atoms with Crippen LogP contribution in [0.15, 0.2) is 18.2 Å². The summed E-state index contributed by atoms with van der Waals surface area (Å²) in [7, 11) is 0. The van der Waals surface area contributed by atoms with Crippen LogP contribution in [0.3, 0.4) is 0 Å². The number of carbonyl (C=O) groups excluding carboxylic acids is 1. The predicted octanol–water partition coefficient (Wildman–Crippen LogP) is 3.57. The van der Waals surface area contributed by atoms with Crippen molar-refractivity contribution in [3.63, 3.8) is 0 Å². The van der Waals surface area contributed by atoms with Crippen LogP contribution < -0.4 is 0 Å². The SMILES string of the molecule is O=C(Cl)C=C1CCc2c(Cl)cc(F)cc21. The Bertz CT molecular complexity index is 466. The number of rotatable bonds is 1. The lowest BCUT2D eigenvalue weighted by atomic mass is 10.1. The van der Waals surface area contributed by atoms with Gasteiger partial charge in [-0.15, -0.1) is 0 Å². The van der Waals surface area contributed by atoms with Crippen LogP contribution in [0.1, 0.15) is 17.5 Å². The molecule has 0 saturated heterocycles. The second-order valence-corrected chi connectivity index (χ2v) is 4.17. The molecule has 1 aliphatic carbocycles. The first-order valence-electron chi connectivity index (χ1n) is 4.46. The molecule has 0 bridgehead atoms. The van der Waals surface area contributed by atoms with Gasteiger partial charge in [0.1, 0.15) is 5.82 Å². The molecule has 0 aliphatic heterocycles. The maximum absolute atomic E-state index is 13.1. The Morgan fingerprint density at radius 1 is 1.40 bits per heavy atom. The van der Waals surface area contributed by atoms with Crippen LogP contribution in [-0.2, 0) is 11.2 Å². The molecular weight excluding hydrogens is 238 g/mol. The van der Waals surface area contributed by atoms with Crippen LogP contribution in [-0.4, -0.2) is 5.24 Å². The molecule has 0 radical (unpaired) electrons. The van der Waals surface area contributed by atoms with Gasteiger partial charge in [0.05, 0.1) is 0 Å². The van der Waals surface area contributed by atoms with E-state index in [1.807, 2.05) is 0 Å². The lowest BCUT2D eigenvalue weighted by molar-refractivity contribution is -0.107. The molecule has 0 N–H and O–H groups in total. The van der Waals surface area contributed by atoms with Gasteiger partial charge >= 0.3 is 0 Å². The largest absolute Gasteiger partial charge is 0.276 e. The Labute approximate surface area is 96.5 Å². The molecule has 0 aromatic heterocycles. The van der Waals surface area contributed by atoms with E-state index in [1.54, 1.807) is 0 Å². The van der Waals surface area contributed by atoms with E-state index in [-0.39, 0.29) is 0 Å². The summed E-state index contributed by atoms with van der Waals surface area (Å²) in [5.41, 5.74) is 2.35. The molecule has 15 heavy (non-hydrogen) atoms. The van der Waals surface area contributed by atoms with Gasteiger partial charge in [-0.05, 0) is 53.3 Å². The van der Waals surface area contributed by atoms with Crippen LogP contribution in [0.4, 0.5) is 4.39 Å². The Kier molecular flexibility index (Phi) is 2.81. The number of allylic oxidation sites excluding steroid dienone is 2. The van der Waals surface area contributed by atoms with E-state index >= 15 is 0 Å². The predicted molar refractivity (Wildman–Crippen MR) is 58.6 cm³/mol. The molecule has 0 unspecified atom stereocenters. The van der Waals surface area contributed by atoms with Gasteiger partial charge in [-0.25, -0.2) is 4.39 Å². The molecule has 1 aromatic rings. The number of fused-ring (bicyclic) bond motifs is 1. The number of hydrogen-bond acceptors (Lipinski definition) is 1. The van der Waals surface area contributed by atoms with Crippen molar-refractivity contribution in [3.05, 3.63) is 40.2 Å². The van der Waals surface area contributed by atoms with E-state index < -0.39 is 11.1 Å². The fourth-order valence-electron chi connectivity index (χ4n) is 1.83. The highest BCUT2D eigenvalue weighted by atomic mass is 35.5. The first-order valence-corrected chi connectivity index (χ1v) is 5.22. The maximum Gasteiger partial charge on any atom is 0.245 e. The number of halogens is 3. The average Bonchev–Trinajstić information content (AvgIpc) is 2.48. The lowest BCUT2D eigenvalue weighted by Crippen LogP contribution is -1.87. The first kappa shape index (κ1) is 10.7. The zero-order chi connectivity index (χ0) is 11.0. The smallest absolute Gasteiger partial charge is 0.245 e. The van der Waals surface area contributed by atoms with E-state index in [1.165, 1.54) is 18.2 Å². The third-order valence-electron chi connectivity index (χ3n) is 2.44. The normalized spacial score (nSPS) is 16.9. The summed E-state index contributed by atoms with van der Waals surface area (Å²) >= 11 is 11.2. The summed E-state index contributed by atoms with van der Waals surface area (Å²) in [4.78, 5) is 10.7. The minimum atomic E-state index is -0.543. The van der Waals surface area contributed by atoms with E-state index in [9.17, 15) is 9.18 Å². The minimum Gasteiger partial charge on any atom is -0.276 e. The molecule has 1 aliphatic rings. The Balaban J connectivity index is 2.55. The summed E-state index contributed by atoms with van der Waals surface area (Å²) in [5.74, 6) is -0.395. The lowest BCUT2D eigenvalue weighted by Gasteiger charge is -2.02. The van der Waals surface area contributed by atoms with Gasteiger partial charge in [0.15, 0.2) is 0 Å². The van der Waals surface area contributed by atoms with E-state index in [2.05, 4.69) is 0 Å². The van der Waals surface area contributed by atoms with Crippen molar-refractivity contribution in [2.45, 2.75) is 12.8 Å². The van der Waals surface area contributed by atoms with Crippen LogP contribution >= 0.6 is 23.2 Å². The van der Waals surface area contributed by atoms with Gasteiger partial charge in [-0.3, -0.25) is 4.79 Å². The Morgan fingerprint density at radius 2 is 2.13 bits per heavy atom. The highest BCUT2D eigenvalue weighted by molar-refractivity contribution is 6.67. The van der Waals surface area contributed by atoms with Gasteiger partial charge in [0.25, 0.3) is 0 Å². The molecule has 4 heteroatoms. The van der Waals surface area contributed by atoms with Crippen LogP contribution in [0, 0.1) is 5.82 Å². The molecule has 0 saturated carbocycles. The molecule has 0 amide bonds. The summed E-state index contributed by atoms with van der Waals surface area (Å²) < 4.78 is 13.1. The Hall–Kier alpha value is -0.860. The molecule has 0 spiro atoms. The summed E-state index contributed by atoms with van der Waals surface area (Å²) in [6.07, 6.45) is 2.73. The third kappa shape index (κ3) is 2.06. The van der Waals surface area contributed by atoms with Crippen molar-refractivity contribution < 1.29 is 9.18 Å². The second kappa shape index (κ2) is 3.95. The second-order valence-electron chi connectivity index (χ2n) is 3.39. The van der Waals surface area contributed by atoms with Crippen LogP contribution in [0.5, 0.6) is 0 Å². The average molecular weight is 245 g/mol. The maximum atomic E-state index is 13.1. The summed E-state index contributed by atoms with van der Waals surface area (Å²) in [6.45, 7) is 0. The van der Waals surface area contributed by atoms with Gasteiger partial charge < -0.3 is 0 Å². The zero-order valence-corrected chi connectivity index (χ0v) is 9.20. The molecular formula is C11H7Cl2FO. The van der Waals surface area contributed by atoms with Crippen LogP contribution in [0.25, 0.3) is 5.57 Å². The van der Waals surface area contributed by atoms with Crippen molar-refractivity contribution in [1.29, 1.82) is 0 Å². The number of carbonyl (C=O) groups is 1. The van der Waals surface area contributed by atoms with E-state index in [0.717, 1.165) is 17.6 Å². The van der Waals surface area contributed by atoms with Gasteiger partial charge in [-0.1, -0.05) is 11.6 Å². The summed E-state index contributed by atoms with van der Waals surface area (Å²) in [5, 5.41) is -0.131. The highest BCUT2D eigenvalue weighted by Crippen LogP contribution is 2.37. The third-order valence-corrected chi connectivity index (χ3v) is 2.88. The quantitative estimate of drug-likeness (QED) is 0.546. The van der Waals surface area contributed by atoms with Gasteiger partial charge in [0, 0.05) is 11.1 Å². The first-order chi connectivity index (χ1) is 7.08. The van der Waals surface area contributed by atoms with E-state index in [0.29, 0.717) is 17.0 Å². The van der Waals surface area contributed by atoms with E-state index in [4.69, 9.17) is 23.2 Å². The van der Waals surface area contributed by atoms with Crippen LogP contribution in [0.2, 0.25) is 5.02 Å². The van der Waals surface area contributed by atoms with Crippen molar-refractivity contribution >= 4 is 34.0 Å². The van der Waals surface area contributed by atoms with Crippen molar-refractivity contribution in [1.82, 2.24) is 0 Å². The molecule has 1 nitrogen and oxygen atoms in total.